The van der Waals surface area contributed by atoms with Crippen molar-refractivity contribution in [2.45, 2.75) is 51.6 Å². The molecule has 5 heteroatoms. The van der Waals surface area contributed by atoms with Crippen molar-refractivity contribution in [1.82, 2.24) is 0 Å². The lowest BCUT2D eigenvalue weighted by molar-refractivity contribution is -0.145. The highest BCUT2D eigenvalue weighted by Gasteiger charge is 2.16. The fraction of sp³-hybridized carbons (Fsp3) is 0.562. The van der Waals surface area contributed by atoms with Gasteiger partial charge in [-0.2, -0.15) is 0 Å². The SMILES string of the molecule is O=C(CCC1CCCCC1)OCc1cc(F)cc(F)c1F. The first-order valence-electron chi connectivity index (χ1n) is 7.35. The molecule has 0 aliphatic heterocycles. The summed E-state index contributed by atoms with van der Waals surface area (Å²) in [7, 11) is 0. The maximum Gasteiger partial charge on any atom is 0.306 e. The summed E-state index contributed by atoms with van der Waals surface area (Å²) < 4.78 is 44.2. The van der Waals surface area contributed by atoms with Crippen molar-refractivity contribution in [3.63, 3.8) is 0 Å². The topological polar surface area (TPSA) is 26.3 Å². The number of hydrogen-bond donors (Lipinski definition) is 0. The Morgan fingerprint density at radius 1 is 1.14 bits per heavy atom. The van der Waals surface area contributed by atoms with Crippen molar-refractivity contribution in [3.05, 3.63) is 35.1 Å². The monoisotopic (exact) mass is 300 g/mol. The second-order valence-electron chi connectivity index (χ2n) is 5.56. The van der Waals surface area contributed by atoms with Crippen LogP contribution < -0.4 is 0 Å². The number of benzene rings is 1. The van der Waals surface area contributed by atoms with Gasteiger partial charge in [0.25, 0.3) is 0 Å². The Labute approximate surface area is 122 Å². The molecule has 1 aromatic carbocycles. The molecule has 0 heterocycles. The minimum atomic E-state index is -1.27. The van der Waals surface area contributed by atoms with Crippen molar-refractivity contribution >= 4 is 5.97 Å². The van der Waals surface area contributed by atoms with E-state index in [0.29, 0.717) is 12.0 Å². The molecule has 0 radical (unpaired) electrons. The van der Waals surface area contributed by atoms with Gasteiger partial charge < -0.3 is 4.74 Å². The Hall–Kier alpha value is -1.52. The lowest BCUT2D eigenvalue weighted by Gasteiger charge is -2.20. The summed E-state index contributed by atoms with van der Waals surface area (Å²) in [5.74, 6) is -3.24. The van der Waals surface area contributed by atoms with Crippen molar-refractivity contribution in [3.8, 4) is 0 Å². The number of carbonyl (C=O) groups excluding carboxylic acids is 1. The molecule has 0 amide bonds. The highest BCUT2D eigenvalue weighted by Crippen LogP contribution is 2.27. The van der Waals surface area contributed by atoms with E-state index >= 15 is 0 Å². The first kappa shape index (κ1) is 15.9. The Morgan fingerprint density at radius 2 is 1.86 bits per heavy atom. The normalized spacial score (nSPS) is 16.0. The van der Waals surface area contributed by atoms with Gasteiger partial charge in [-0.25, -0.2) is 13.2 Å². The third-order valence-corrected chi connectivity index (χ3v) is 3.94. The quantitative estimate of drug-likeness (QED) is 0.591. The first-order valence-corrected chi connectivity index (χ1v) is 7.35. The van der Waals surface area contributed by atoms with Crippen LogP contribution in [0.2, 0.25) is 0 Å². The molecular formula is C16H19F3O2. The smallest absolute Gasteiger partial charge is 0.306 e. The third-order valence-electron chi connectivity index (χ3n) is 3.94. The number of ether oxygens (including phenoxy) is 1. The lowest BCUT2D eigenvalue weighted by atomic mass is 9.86. The summed E-state index contributed by atoms with van der Waals surface area (Å²) in [6.07, 6.45) is 6.96. The molecule has 0 aromatic heterocycles. The maximum absolute atomic E-state index is 13.4. The van der Waals surface area contributed by atoms with Gasteiger partial charge in [0.15, 0.2) is 11.6 Å². The van der Waals surface area contributed by atoms with E-state index in [0.717, 1.165) is 25.3 Å². The van der Waals surface area contributed by atoms with E-state index in [9.17, 15) is 18.0 Å². The van der Waals surface area contributed by atoms with Crippen LogP contribution in [0.5, 0.6) is 0 Å². The molecule has 1 aromatic rings. The van der Waals surface area contributed by atoms with Crippen molar-refractivity contribution < 1.29 is 22.7 Å². The molecule has 0 atom stereocenters. The molecule has 1 saturated carbocycles. The van der Waals surface area contributed by atoms with Crippen LogP contribution in [0.3, 0.4) is 0 Å². The zero-order chi connectivity index (χ0) is 15.2. The van der Waals surface area contributed by atoms with Crippen molar-refractivity contribution in [2.24, 2.45) is 5.92 Å². The van der Waals surface area contributed by atoms with Crippen LogP contribution >= 0.6 is 0 Å². The number of hydrogen-bond acceptors (Lipinski definition) is 2. The summed E-state index contributed by atoms with van der Waals surface area (Å²) in [4.78, 5) is 11.6. The van der Waals surface area contributed by atoms with E-state index in [-0.39, 0.29) is 12.0 Å². The van der Waals surface area contributed by atoms with Crippen LogP contribution in [0.15, 0.2) is 12.1 Å². The van der Waals surface area contributed by atoms with E-state index in [4.69, 9.17) is 4.74 Å². The minimum absolute atomic E-state index is 0.268. The predicted molar refractivity (Wildman–Crippen MR) is 71.9 cm³/mol. The molecule has 0 bridgehead atoms. The van der Waals surface area contributed by atoms with Gasteiger partial charge in [-0.3, -0.25) is 4.79 Å². The van der Waals surface area contributed by atoms with Crippen molar-refractivity contribution in [2.75, 3.05) is 0 Å². The number of esters is 1. The fourth-order valence-corrected chi connectivity index (χ4v) is 2.74. The number of rotatable bonds is 5. The van der Waals surface area contributed by atoms with Crippen LogP contribution in [0, 0.1) is 23.4 Å². The van der Waals surface area contributed by atoms with Gasteiger partial charge in [0, 0.05) is 18.1 Å². The zero-order valence-corrected chi connectivity index (χ0v) is 11.8. The second-order valence-corrected chi connectivity index (χ2v) is 5.56. The molecule has 1 aliphatic carbocycles. The van der Waals surface area contributed by atoms with Gasteiger partial charge in [0.05, 0.1) is 0 Å². The van der Waals surface area contributed by atoms with Crippen LogP contribution in [0.25, 0.3) is 0 Å². The van der Waals surface area contributed by atoms with Gasteiger partial charge in [0.2, 0.25) is 0 Å². The van der Waals surface area contributed by atoms with Crippen LogP contribution in [-0.4, -0.2) is 5.97 Å². The lowest BCUT2D eigenvalue weighted by Crippen LogP contribution is -2.11. The molecule has 2 rings (SSSR count). The maximum atomic E-state index is 13.4. The van der Waals surface area contributed by atoms with Crippen LogP contribution in [0.1, 0.15) is 50.5 Å². The van der Waals surface area contributed by atoms with E-state index in [1.54, 1.807) is 0 Å². The van der Waals surface area contributed by atoms with E-state index < -0.39 is 30.0 Å². The first-order chi connectivity index (χ1) is 10.1. The van der Waals surface area contributed by atoms with Crippen LogP contribution in [-0.2, 0) is 16.1 Å². The molecule has 0 spiro atoms. The van der Waals surface area contributed by atoms with Gasteiger partial charge in [0.1, 0.15) is 12.4 Å². The van der Waals surface area contributed by atoms with Gasteiger partial charge >= 0.3 is 5.97 Å². The highest BCUT2D eigenvalue weighted by molar-refractivity contribution is 5.69. The number of carbonyl (C=O) groups is 1. The van der Waals surface area contributed by atoms with Crippen LogP contribution in [0.4, 0.5) is 13.2 Å². The predicted octanol–water partition coefficient (Wildman–Crippen LogP) is 4.51. The molecule has 0 N–H and O–H groups in total. The molecule has 0 saturated heterocycles. The van der Waals surface area contributed by atoms with Crippen molar-refractivity contribution in [1.29, 1.82) is 0 Å². The second kappa shape index (κ2) is 7.48. The zero-order valence-electron chi connectivity index (χ0n) is 11.8. The summed E-state index contributed by atoms with van der Waals surface area (Å²) in [5.41, 5.74) is -0.279. The summed E-state index contributed by atoms with van der Waals surface area (Å²) in [6, 6.07) is 1.30. The van der Waals surface area contributed by atoms with Gasteiger partial charge in [-0.1, -0.05) is 32.1 Å². The van der Waals surface area contributed by atoms with Gasteiger partial charge in [-0.15, -0.1) is 0 Å². The Morgan fingerprint density at radius 3 is 2.57 bits per heavy atom. The average molecular weight is 300 g/mol. The largest absolute Gasteiger partial charge is 0.461 e. The Kier molecular flexibility index (Phi) is 5.65. The average Bonchev–Trinajstić information content (AvgIpc) is 2.48. The summed E-state index contributed by atoms with van der Waals surface area (Å²) in [5, 5.41) is 0. The van der Waals surface area contributed by atoms with E-state index in [1.807, 2.05) is 0 Å². The molecule has 0 unspecified atom stereocenters. The fourth-order valence-electron chi connectivity index (χ4n) is 2.74. The Bertz CT molecular complexity index is 497. The van der Waals surface area contributed by atoms with Gasteiger partial charge in [-0.05, 0) is 18.4 Å². The summed E-state index contributed by atoms with van der Waals surface area (Å²) >= 11 is 0. The molecule has 1 aliphatic rings. The molecule has 1 fully saturated rings. The molecule has 2 nitrogen and oxygen atoms in total. The standard InChI is InChI=1S/C16H19F3O2/c17-13-8-12(16(19)14(18)9-13)10-21-15(20)7-6-11-4-2-1-3-5-11/h8-9,11H,1-7,10H2. The number of halogens is 3. The highest BCUT2D eigenvalue weighted by atomic mass is 19.2. The van der Waals surface area contributed by atoms with E-state index in [2.05, 4.69) is 0 Å². The molecule has 116 valence electrons. The minimum Gasteiger partial charge on any atom is -0.461 e. The van der Waals surface area contributed by atoms with E-state index in [1.165, 1.54) is 19.3 Å². The molecule has 21 heavy (non-hydrogen) atoms. The summed E-state index contributed by atoms with van der Waals surface area (Å²) in [6.45, 7) is -0.440. The Balaban J connectivity index is 1.78. The third kappa shape index (κ3) is 4.76. The molecular weight excluding hydrogens is 281 g/mol.